The molecule has 1 aliphatic rings. The van der Waals surface area contributed by atoms with Gasteiger partial charge in [0.15, 0.2) is 0 Å². The summed E-state index contributed by atoms with van der Waals surface area (Å²) in [5.41, 5.74) is 6.90. The zero-order valence-electron chi connectivity index (χ0n) is 19.0. The Balaban J connectivity index is 1.45. The largest absolute Gasteiger partial charge is 0.494 e. The van der Waals surface area contributed by atoms with Gasteiger partial charge in [0.25, 0.3) is 5.91 Å². The first kappa shape index (κ1) is 22.9. The molecule has 3 heterocycles. The van der Waals surface area contributed by atoms with Crippen molar-refractivity contribution in [3.05, 3.63) is 60.6 Å². The molecule has 0 aliphatic carbocycles. The quantitative estimate of drug-likeness (QED) is 0.509. The fourth-order valence-electron chi connectivity index (χ4n) is 4.42. The number of rotatable bonds is 8. The average molecular weight is 450 g/mol. The molecule has 0 radical (unpaired) electrons. The molecule has 33 heavy (non-hydrogen) atoms. The van der Waals surface area contributed by atoms with Gasteiger partial charge in [-0.15, -0.1) is 0 Å². The summed E-state index contributed by atoms with van der Waals surface area (Å²) in [5, 5.41) is 12.4. The molecular formula is C25H31N5O3. The van der Waals surface area contributed by atoms with Gasteiger partial charge in [-0.1, -0.05) is 6.07 Å². The number of aromatic nitrogens is 2. The Hall–Kier alpha value is -3.23. The number of anilines is 1. The van der Waals surface area contributed by atoms with Crippen molar-refractivity contribution >= 4 is 22.5 Å². The second-order valence-corrected chi connectivity index (χ2v) is 8.65. The van der Waals surface area contributed by atoms with Crippen molar-refractivity contribution in [2.75, 3.05) is 44.7 Å². The summed E-state index contributed by atoms with van der Waals surface area (Å²) in [4.78, 5) is 25.5. The predicted molar refractivity (Wildman–Crippen MR) is 129 cm³/mol. The van der Waals surface area contributed by atoms with Gasteiger partial charge in [-0.3, -0.25) is 14.8 Å². The number of nitrogens with zero attached hydrogens (tertiary/aromatic N) is 4. The number of pyridine rings is 2. The van der Waals surface area contributed by atoms with E-state index >= 15 is 0 Å². The van der Waals surface area contributed by atoms with E-state index < -0.39 is 5.60 Å². The first-order valence-electron chi connectivity index (χ1n) is 11.3. The summed E-state index contributed by atoms with van der Waals surface area (Å²) < 4.78 is 5.67. The molecule has 1 amide bonds. The normalized spacial score (nSPS) is 18.3. The molecule has 4 rings (SSSR count). The van der Waals surface area contributed by atoms with Crippen LogP contribution in [0.1, 0.15) is 29.6 Å². The molecule has 1 aliphatic heterocycles. The van der Waals surface area contributed by atoms with Gasteiger partial charge in [0.1, 0.15) is 5.75 Å². The fraction of sp³-hybridized carbons (Fsp3) is 0.400. The van der Waals surface area contributed by atoms with E-state index in [9.17, 15) is 9.90 Å². The number of hydrogen-bond donors (Lipinski definition) is 2. The van der Waals surface area contributed by atoms with Crippen molar-refractivity contribution in [3.8, 4) is 5.75 Å². The molecule has 1 atom stereocenters. The highest BCUT2D eigenvalue weighted by Gasteiger charge is 2.36. The lowest BCUT2D eigenvalue weighted by Gasteiger charge is -2.42. The molecule has 3 aromatic rings. The van der Waals surface area contributed by atoms with Gasteiger partial charge in [0.2, 0.25) is 0 Å². The summed E-state index contributed by atoms with van der Waals surface area (Å²) in [6.45, 7) is 2.57. The zero-order chi connectivity index (χ0) is 23.3. The summed E-state index contributed by atoms with van der Waals surface area (Å²) >= 11 is 0. The lowest BCUT2D eigenvalue weighted by Crippen LogP contribution is -2.54. The Morgan fingerprint density at radius 1 is 1.30 bits per heavy atom. The maximum absolute atomic E-state index is 13.1. The molecule has 1 aromatic carbocycles. The number of likely N-dealkylation sites (N-methyl/N-ethyl adjacent to an activating group) is 1. The molecule has 2 aromatic heterocycles. The number of nitrogens with two attached hydrogens (primary N) is 1. The Bertz CT molecular complexity index is 1100. The van der Waals surface area contributed by atoms with Crippen LogP contribution in [0.15, 0.2) is 55.0 Å². The van der Waals surface area contributed by atoms with E-state index in [2.05, 4.69) is 14.9 Å². The van der Waals surface area contributed by atoms with Crippen LogP contribution < -0.4 is 15.4 Å². The highest BCUT2D eigenvalue weighted by atomic mass is 16.5. The van der Waals surface area contributed by atoms with Gasteiger partial charge < -0.3 is 25.4 Å². The molecule has 1 unspecified atom stereocenters. The minimum Gasteiger partial charge on any atom is -0.494 e. The number of aliphatic hydroxyl groups is 1. The van der Waals surface area contributed by atoms with Crippen LogP contribution in [-0.4, -0.2) is 71.3 Å². The number of carbonyl (C=O) groups excluding carboxylic acids is 1. The highest BCUT2D eigenvalue weighted by Crippen LogP contribution is 2.31. The van der Waals surface area contributed by atoms with Gasteiger partial charge in [-0.05, 0) is 56.1 Å². The number of piperidine rings is 1. The van der Waals surface area contributed by atoms with E-state index in [1.54, 1.807) is 42.5 Å². The lowest BCUT2D eigenvalue weighted by atomic mass is 9.91. The van der Waals surface area contributed by atoms with Gasteiger partial charge in [0.05, 0.1) is 24.3 Å². The summed E-state index contributed by atoms with van der Waals surface area (Å²) in [6.07, 6.45) is 7.53. The Kier molecular flexibility index (Phi) is 7.05. The third-order valence-electron chi connectivity index (χ3n) is 5.99. The Morgan fingerprint density at radius 3 is 3.03 bits per heavy atom. The maximum atomic E-state index is 13.1. The van der Waals surface area contributed by atoms with Crippen molar-refractivity contribution in [1.29, 1.82) is 0 Å². The molecule has 3 N–H and O–H groups in total. The zero-order valence-corrected chi connectivity index (χ0v) is 19.0. The van der Waals surface area contributed by atoms with Crippen LogP contribution in [0.25, 0.3) is 10.9 Å². The first-order chi connectivity index (χ1) is 16.0. The second kappa shape index (κ2) is 10.1. The SMILES string of the molecule is CN(CC1(O)CCCN(c2ccnc3ccncc23)C1)C(=O)c1cccc(OCCCN)c1. The molecule has 174 valence electrons. The van der Waals surface area contributed by atoms with Crippen molar-refractivity contribution in [1.82, 2.24) is 14.9 Å². The Morgan fingerprint density at radius 2 is 2.18 bits per heavy atom. The van der Waals surface area contributed by atoms with Gasteiger partial charge >= 0.3 is 0 Å². The standard InChI is InChI=1S/C25H31N5O3/c1-29(24(31)19-5-2-6-20(15-19)33-14-4-10-26)17-25(32)9-3-13-30(18-25)23-8-12-28-22-7-11-27-16-21(22)23/h2,5-8,11-12,15-16,32H,3-4,9-10,13-14,17-18,26H2,1H3. The van der Waals surface area contributed by atoms with E-state index in [1.165, 1.54) is 0 Å². The van der Waals surface area contributed by atoms with E-state index in [0.29, 0.717) is 37.4 Å². The number of amides is 1. The fourth-order valence-corrected chi connectivity index (χ4v) is 4.42. The third kappa shape index (κ3) is 5.40. The number of hydrogen-bond acceptors (Lipinski definition) is 7. The van der Waals surface area contributed by atoms with Crippen LogP contribution in [0, 0.1) is 0 Å². The number of carbonyl (C=O) groups is 1. The number of β-amino-alcohol motifs (C(OH)–C–C–N with tert-alkyl or cyclic N) is 1. The van der Waals surface area contributed by atoms with Crippen LogP contribution in [-0.2, 0) is 0 Å². The van der Waals surface area contributed by atoms with E-state index in [1.807, 2.05) is 24.4 Å². The summed E-state index contributed by atoms with van der Waals surface area (Å²) in [5.74, 6) is 0.492. The molecule has 1 fully saturated rings. The molecular weight excluding hydrogens is 418 g/mol. The second-order valence-electron chi connectivity index (χ2n) is 8.65. The number of benzene rings is 1. The first-order valence-corrected chi connectivity index (χ1v) is 11.3. The molecule has 1 saturated heterocycles. The minimum atomic E-state index is -1.02. The van der Waals surface area contributed by atoms with Crippen LogP contribution >= 0.6 is 0 Å². The highest BCUT2D eigenvalue weighted by molar-refractivity contribution is 5.94. The van der Waals surface area contributed by atoms with Crippen LogP contribution in [0.2, 0.25) is 0 Å². The topological polar surface area (TPSA) is 105 Å². The van der Waals surface area contributed by atoms with E-state index in [4.69, 9.17) is 10.5 Å². The van der Waals surface area contributed by atoms with E-state index in [0.717, 1.165) is 36.0 Å². The number of ether oxygens (including phenoxy) is 1. The van der Waals surface area contributed by atoms with Crippen LogP contribution in [0.4, 0.5) is 5.69 Å². The monoisotopic (exact) mass is 449 g/mol. The molecule has 0 saturated carbocycles. The van der Waals surface area contributed by atoms with Crippen LogP contribution in [0.3, 0.4) is 0 Å². The molecule has 0 spiro atoms. The third-order valence-corrected chi connectivity index (χ3v) is 5.99. The van der Waals surface area contributed by atoms with Gasteiger partial charge in [0, 0.05) is 55.4 Å². The smallest absolute Gasteiger partial charge is 0.253 e. The lowest BCUT2D eigenvalue weighted by molar-refractivity contribution is 0.0000628. The molecule has 8 heteroatoms. The summed E-state index contributed by atoms with van der Waals surface area (Å²) in [7, 11) is 1.73. The molecule has 0 bridgehead atoms. The minimum absolute atomic E-state index is 0.150. The van der Waals surface area contributed by atoms with Crippen molar-refractivity contribution in [2.24, 2.45) is 5.73 Å². The van der Waals surface area contributed by atoms with Crippen LogP contribution in [0.5, 0.6) is 5.75 Å². The Labute approximate surface area is 194 Å². The summed E-state index contributed by atoms with van der Waals surface area (Å²) in [6, 6.07) is 11.0. The predicted octanol–water partition coefficient (Wildman–Crippen LogP) is 2.46. The van der Waals surface area contributed by atoms with Gasteiger partial charge in [-0.2, -0.15) is 0 Å². The van der Waals surface area contributed by atoms with Crippen molar-refractivity contribution < 1.29 is 14.6 Å². The average Bonchev–Trinajstić information content (AvgIpc) is 2.83. The number of fused-ring (bicyclic) bond motifs is 1. The van der Waals surface area contributed by atoms with Crippen molar-refractivity contribution in [2.45, 2.75) is 24.9 Å². The van der Waals surface area contributed by atoms with Crippen molar-refractivity contribution in [3.63, 3.8) is 0 Å². The van der Waals surface area contributed by atoms with E-state index in [-0.39, 0.29) is 12.5 Å². The van der Waals surface area contributed by atoms with Gasteiger partial charge in [-0.25, -0.2) is 0 Å². The maximum Gasteiger partial charge on any atom is 0.253 e. The molecule has 8 nitrogen and oxygen atoms in total.